The van der Waals surface area contributed by atoms with E-state index in [1.54, 1.807) is 7.11 Å². The van der Waals surface area contributed by atoms with Crippen molar-refractivity contribution < 1.29 is 4.74 Å². The van der Waals surface area contributed by atoms with Crippen LogP contribution in [0.3, 0.4) is 0 Å². The van der Waals surface area contributed by atoms with E-state index in [2.05, 4.69) is 59.8 Å². The lowest BCUT2D eigenvalue weighted by Crippen LogP contribution is -1.98. The van der Waals surface area contributed by atoms with Crippen molar-refractivity contribution in [1.29, 1.82) is 0 Å². The Morgan fingerprint density at radius 3 is 2.11 bits per heavy atom. The molecule has 0 spiro atoms. The number of hydrogen-bond acceptors (Lipinski definition) is 1. The summed E-state index contributed by atoms with van der Waals surface area (Å²) >= 11 is 0. The van der Waals surface area contributed by atoms with Crippen LogP contribution in [0, 0.1) is 13.8 Å². The summed E-state index contributed by atoms with van der Waals surface area (Å²) in [5.74, 6) is 1.02. The Bertz CT molecular complexity index is 403. The first-order chi connectivity index (χ1) is 9.06. The second kappa shape index (κ2) is 9.66. The topological polar surface area (TPSA) is 9.23 Å². The van der Waals surface area contributed by atoms with Gasteiger partial charge in [-0.1, -0.05) is 46.3 Å². The summed E-state index contributed by atoms with van der Waals surface area (Å²) in [6.07, 6.45) is 7.76. The number of hydrogen-bond donors (Lipinski definition) is 0. The van der Waals surface area contributed by atoms with E-state index in [-0.39, 0.29) is 0 Å². The first-order valence-electron chi connectivity index (χ1n) is 7.40. The molecule has 0 saturated heterocycles. The Morgan fingerprint density at radius 2 is 1.68 bits per heavy atom. The molecule has 1 aromatic rings. The molecular formula is C18H30O. The first-order valence-corrected chi connectivity index (χ1v) is 7.40. The minimum Gasteiger partial charge on any atom is -0.496 e. The van der Waals surface area contributed by atoms with Gasteiger partial charge in [0.25, 0.3) is 0 Å². The van der Waals surface area contributed by atoms with Crippen LogP contribution < -0.4 is 4.74 Å². The van der Waals surface area contributed by atoms with Crippen LogP contribution in [0.25, 0.3) is 6.08 Å². The molecule has 1 nitrogen and oxygen atoms in total. The van der Waals surface area contributed by atoms with Crippen molar-refractivity contribution in [2.24, 2.45) is 0 Å². The van der Waals surface area contributed by atoms with Crippen LogP contribution in [0.2, 0.25) is 0 Å². The molecule has 0 saturated carbocycles. The van der Waals surface area contributed by atoms with Crippen LogP contribution in [-0.2, 0) is 6.42 Å². The lowest BCUT2D eigenvalue weighted by Gasteiger charge is -2.15. The predicted molar refractivity (Wildman–Crippen MR) is 87.1 cm³/mol. The Morgan fingerprint density at radius 1 is 1.11 bits per heavy atom. The van der Waals surface area contributed by atoms with Crippen LogP contribution in [0.4, 0.5) is 0 Å². The maximum atomic E-state index is 5.46. The van der Waals surface area contributed by atoms with Gasteiger partial charge in [-0.05, 0) is 49.4 Å². The molecule has 19 heavy (non-hydrogen) atoms. The van der Waals surface area contributed by atoms with Gasteiger partial charge in [0.1, 0.15) is 5.75 Å². The van der Waals surface area contributed by atoms with Gasteiger partial charge in [0.15, 0.2) is 0 Å². The molecule has 0 fully saturated rings. The van der Waals surface area contributed by atoms with Gasteiger partial charge in [-0.2, -0.15) is 0 Å². The Kier molecular flexibility index (Phi) is 9.03. The molecule has 0 bridgehead atoms. The van der Waals surface area contributed by atoms with E-state index in [0.29, 0.717) is 0 Å². The molecule has 1 aromatic carbocycles. The van der Waals surface area contributed by atoms with E-state index in [4.69, 9.17) is 4.74 Å². The number of aryl methyl sites for hydroxylation is 1. The summed E-state index contributed by atoms with van der Waals surface area (Å²) in [7, 11) is 1.75. The first kappa shape index (κ1) is 17.8. The third kappa shape index (κ3) is 5.10. The Labute approximate surface area is 119 Å². The third-order valence-electron chi connectivity index (χ3n) is 3.06. The summed E-state index contributed by atoms with van der Waals surface area (Å²) < 4.78 is 5.46. The van der Waals surface area contributed by atoms with E-state index in [0.717, 1.165) is 18.6 Å². The van der Waals surface area contributed by atoms with Crippen molar-refractivity contribution in [2.45, 2.75) is 60.8 Å². The lowest BCUT2D eigenvalue weighted by molar-refractivity contribution is 0.409. The highest BCUT2D eigenvalue weighted by molar-refractivity contribution is 5.63. The standard InChI is InChI=1S/C15H22O.C3H8/c1-6-8-9-14-12(4)11(3)10-15(16-5)13(14)7-2;1-3-2/h8-10H,6-7H2,1-5H3;3H2,1-2H3/b9-8-;. The zero-order valence-electron chi connectivity index (χ0n) is 13.8. The molecule has 0 atom stereocenters. The van der Waals surface area contributed by atoms with Gasteiger partial charge in [-0.3, -0.25) is 0 Å². The maximum absolute atomic E-state index is 5.46. The molecule has 0 unspecified atom stereocenters. The fraction of sp³-hybridized carbons (Fsp3) is 0.556. The van der Waals surface area contributed by atoms with Gasteiger partial charge in [0.2, 0.25) is 0 Å². The largest absolute Gasteiger partial charge is 0.496 e. The number of rotatable bonds is 4. The van der Waals surface area contributed by atoms with Gasteiger partial charge >= 0.3 is 0 Å². The highest BCUT2D eigenvalue weighted by atomic mass is 16.5. The molecule has 0 aliphatic rings. The molecule has 1 heteroatoms. The van der Waals surface area contributed by atoms with Crippen LogP contribution >= 0.6 is 0 Å². The second-order valence-electron chi connectivity index (χ2n) is 4.78. The summed E-state index contributed by atoms with van der Waals surface area (Å²) in [4.78, 5) is 0. The number of allylic oxidation sites excluding steroid dienone is 1. The van der Waals surface area contributed by atoms with Gasteiger partial charge in [0, 0.05) is 5.56 Å². The van der Waals surface area contributed by atoms with Crippen LogP contribution in [0.15, 0.2) is 12.1 Å². The molecule has 0 radical (unpaired) electrons. The lowest BCUT2D eigenvalue weighted by atomic mass is 9.94. The smallest absolute Gasteiger partial charge is 0.122 e. The third-order valence-corrected chi connectivity index (χ3v) is 3.06. The fourth-order valence-corrected chi connectivity index (χ4v) is 1.97. The quantitative estimate of drug-likeness (QED) is 0.675. The Balaban J connectivity index is 0.000000982. The predicted octanol–water partition coefficient (Wildman–Crippen LogP) is 5.71. The van der Waals surface area contributed by atoms with Gasteiger partial charge in [0.05, 0.1) is 7.11 Å². The van der Waals surface area contributed by atoms with Crippen molar-refractivity contribution in [3.8, 4) is 5.75 Å². The second-order valence-corrected chi connectivity index (χ2v) is 4.78. The van der Waals surface area contributed by atoms with Gasteiger partial charge in [-0.25, -0.2) is 0 Å². The normalized spacial score (nSPS) is 10.3. The number of ether oxygens (including phenoxy) is 1. The Hall–Kier alpha value is -1.24. The van der Waals surface area contributed by atoms with Crippen molar-refractivity contribution in [3.05, 3.63) is 34.4 Å². The number of benzene rings is 1. The molecule has 0 aromatic heterocycles. The SMILES string of the molecule is CC/C=C\c1c(C)c(C)cc(OC)c1CC.CCC. The average molecular weight is 262 g/mol. The molecule has 0 aliphatic heterocycles. The molecule has 1 rings (SSSR count). The van der Waals surface area contributed by atoms with Crippen molar-refractivity contribution in [2.75, 3.05) is 7.11 Å². The molecule has 0 amide bonds. The monoisotopic (exact) mass is 262 g/mol. The molecule has 0 aliphatic carbocycles. The van der Waals surface area contributed by atoms with Crippen LogP contribution in [0.1, 0.15) is 62.8 Å². The highest BCUT2D eigenvalue weighted by Crippen LogP contribution is 2.29. The molecule has 108 valence electrons. The summed E-state index contributed by atoms with van der Waals surface area (Å²) in [5, 5.41) is 0. The van der Waals surface area contributed by atoms with E-state index >= 15 is 0 Å². The van der Waals surface area contributed by atoms with Crippen LogP contribution in [-0.4, -0.2) is 7.11 Å². The van der Waals surface area contributed by atoms with E-state index in [9.17, 15) is 0 Å². The van der Waals surface area contributed by atoms with Crippen LogP contribution in [0.5, 0.6) is 5.75 Å². The minimum absolute atomic E-state index is 1.01. The van der Waals surface area contributed by atoms with E-state index in [1.165, 1.54) is 28.7 Å². The summed E-state index contributed by atoms with van der Waals surface area (Å²) in [6.45, 7) is 12.9. The van der Waals surface area contributed by atoms with E-state index < -0.39 is 0 Å². The van der Waals surface area contributed by atoms with Crippen molar-refractivity contribution >= 4 is 6.08 Å². The van der Waals surface area contributed by atoms with Gasteiger partial charge in [-0.15, -0.1) is 0 Å². The fourth-order valence-electron chi connectivity index (χ4n) is 1.97. The molecular weight excluding hydrogens is 232 g/mol. The summed E-state index contributed by atoms with van der Waals surface area (Å²) in [5.41, 5.74) is 5.31. The van der Waals surface area contributed by atoms with E-state index in [1.807, 2.05) is 0 Å². The summed E-state index contributed by atoms with van der Waals surface area (Å²) in [6, 6.07) is 2.14. The maximum Gasteiger partial charge on any atom is 0.122 e. The zero-order chi connectivity index (χ0) is 14.8. The molecule has 0 N–H and O–H groups in total. The zero-order valence-corrected chi connectivity index (χ0v) is 13.8. The molecule has 0 heterocycles. The average Bonchev–Trinajstić information content (AvgIpc) is 2.40. The highest BCUT2D eigenvalue weighted by Gasteiger charge is 2.10. The van der Waals surface area contributed by atoms with Gasteiger partial charge < -0.3 is 4.74 Å². The van der Waals surface area contributed by atoms with Crippen molar-refractivity contribution in [3.63, 3.8) is 0 Å². The number of methoxy groups -OCH3 is 1. The minimum atomic E-state index is 1.01. The van der Waals surface area contributed by atoms with Crippen molar-refractivity contribution in [1.82, 2.24) is 0 Å².